The summed E-state index contributed by atoms with van der Waals surface area (Å²) in [7, 11) is 3.87. The normalized spacial score (nSPS) is 10.9. The average Bonchev–Trinajstić information content (AvgIpc) is 3.15. The molecule has 0 N–H and O–H groups in total. The SMILES string of the molecule is CCN(CC)CCN(C(=O)c1ccc(N(C)C)cc1)c1nc2c(F)cc(F)cc2s1.Cl. The monoisotopic (exact) mass is 468 g/mol. The fourth-order valence-electron chi connectivity index (χ4n) is 3.18. The molecular weight excluding hydrogens is 442 g/mol. The van der Waals surface area contributed by atoms with Crippen LogP contribution in [0.3, 0.4) is 0 Å². The summed E-state index contributed by atoms with van der Waals surface area (Å²) in [6.45, 7) is 6.89. The quantitative estimate of drug-likeness (QED) is 0.463. The van der Waals surface area contributed by atoms with Crippen molar-refractivity contribution in [3.8, 4) is 0 Å². The molecule has 0 spiro atoms. The number of amides is 1. The van der Waals surface area contributed by atoms with Gasteiger partial charge in [0.1, 0.15) is 11.3 Å². The van der Waals surface area contributed by atoms with Gasteiger partial charge in [0.2, 0.25) is 0 Å². The number of halogens is 3. The van der Waals surface area contributed by atoms with Crippen LogP contribution in [-0.2, 0) is 0 Å². The van der Waals surface area contributed by atoms with Crippen LogP contribution >= 0.6 is 23.7 Å². The van der Waals surface area contributed by atoms with Crippen molar-refractivity contribution in [1.29, 1.82) is 0 Å². The van der Waals surface area contributed by atoms with Crippen molar-refractivity contribution < 1.29 is 13.6 Å². The van der Waals surface area contributed by atoms with Crippen molar-refractivity contribution in [1.82, 2.24) is 9.88 Å². The van der Waals surface area contributed by atoms with Gasteiger partial charge in [-0.3, -0.25) is 9.69 Å². The van der Waals surface area contributed by atoms with Crippen LogP contribution in [0.15, 0.2) is 36.4 Å². The molecule has 3 rings (SSSR count). The van der Waals surface area contributed by atoms with Crippen molar-refractivity contribution in [2.75, 3.05) is 50.1 Å². The lowest BCUT2D eigenvalue weighted by atomic mass is 10.1. The number of thiazole rings is 1. The minimum Gasteiger partial charge on any atom is -0.378 e. The Bertz CT molecular complexity index is 1020. The summed E-state index contributed by atoms with van der Waals surface area (Å²) < 4.78 is 28.2. The molecule has 0 aliphatic heterocycles. The maximum atomic E-state index is 14.2. The predicted molar refractivity (Wildman–Crippen MR) is 127 cm³/mol. The van der Waals surface area contributed by atoms with E-state index < -0.39 is 11.6 Å². The molecule has 31 heavy (non-hydrogen) atoms. The molecule has 0 aliphatic carbocycles. The first-order valence-electron chi connectivity index (χ1n) is 9.91. The van der Waals surface area contributed by atoms with Crippen LogP contribution in [-0.4, -0.2) is 56.1 Å². The predicted octanol–water partition coefficient (Wildman–Crippen LogP) is 5.05. The molecule has 0 aliphatic rings. The minimum absolute atomic E-state index is 0. The molecule has 0 unspecified atom stereocenters. The standard InChI is InChI=1S/C22H26F2N4OS.ClH/c1-5-27(6-2)11-12-28(21(29)15-7-9-17(10-8-15)26(3)4)22-25-20-18(24)13-16(23)14-19(20)30-22;/h7-10,13-14H,5-6,11-12H2,1-4H3;1H. The molecule has 2 aromatic carbocycles. The molecule has 0 saturated heterocycles. The molecule has 0 saturated carbocycles. The number of fused-ring (bicyclic) bond motifs is 1. The lowest BCUT2D eigenvalue weighted by Gasteiger charge is -2.25. The number of carbonyl (C=O) groups excluding carboxylic acids is 1. The summed E-state index contributed by atoms with van der Waals surface area (Å²) in [4.78, 5) is 23.4. The van der Waals surface area contributed by atoms with Gasteiger partial charge in [0.15, 0.2) is 10.9 Å². The second-order valence-corrected chi connectivity index (χ2v) is 8.16. The smallest absolute Gasteiger partial charge is 0.260 e. The van der Waals surface area contributed by atoms with E-state index in [4.69, 9.17) is 0 Å². The van der Waals surface area contributed by atoms with Gasteiger partial charge in [-0.15, -0.1) is 12.4 Å². The summed E-state index contributed by atoms with van der Waals surface area (Å²) in [5, 5.41) is 0.364. The number of aromatic nitrogens is 1. The zero-order valence-corrected chi connectivity index (χ0v) is 19.7. The first-order valence-corrected chi connectivity index (χ1v) is 10.7. The van der Waals surface area contributed by atoms with E-state index in [-0.39, 0.29) is 23.8 Å². The number of anilines is 2. The van der Waals surface area contributed by atoms with Gasteiger partial charge in [0.25, 0.3) is 5.91 Å². The van der Waals surface area contributed by atoms with E-state index in [1.54, 1.807) is 17.0 Å². The van der Waals surface area contributed by atoms with Crippen LogP contribution in [0.25, 0.3) is 10.2 Å². The van der Waals surface area contributed by atoms with E-state index in [1.165, 1.54) is 6.07 Å². The molecule has 3 aromatic rings. The summed E-state index contributed by atoms with van der Waals surface area (Å²) in [6.07, 6.45) is 0. The zero-order chi connectivity index (χ0) is 21.8. The van der Waals surface area contributed by atoms with Gasteiger partial charge < -0.3 is 9.80 Å². The molecular formula is C22H27ClF2N4OS. The molecule has 1 amide bonds. The lowest BCUT2D eigenvalue weighted by Crippen LogP contribution is -2.38. The average molecular weight is 469 g/mol. The van der Waals surface area contributed by atoms with E-state index >= 15 is 0 Å². The minimum atomic E-state index is -0.723. The first-order chi connectivity index (χ1) is 14.3. The van der Waals surface area contributed by atoms with Gasteiger partial charge in [-0.05, 0) is 43.4 Å². The number of carbonyl (C=O) groups is 1. The van der Waals surface area contributed by atoms with Crippen LogP contribution in [0.5, 0.6) is 0 Å². The first kappa shape index (κ1) is 25.0. The molecule has 5 nitrogen and oxygen atoms in total. The summed E-state index contributed by atoms with van der Waals surface area (Å²) in [5.74, 6) is -1.60. The van der Waals surface area contributed by atoms with Crippen molar-refractivity contribution in [2.45, 2.75) is 13.8 Å². The number of hydrogen-bond donors (Lipinski definition) is 0. The number of benzene rings is 2. The van der Waals surface area contributed by atoms with E-state index in [9.17, 15) is 13.6 Å². The van der Waals surface area contributed by atoms with Crippen LogP contribution in [0.2, 0.25) is 0 Å². The van der Waals surface area contributed by atoms with Gasteiger partial charge in [-0.2, -0.15) is 0 Å². The van der Waals surface area contributed by atoms with E-state index in [1.807, 2.05) is 31.1 Å². The second-order valence-electron chi connectivity index (χ2n) is 7.16. The van der Waals surface area contributed by atoms with E-state index in [2.05, 4.69) is 23.7 Å². The zero-order valence-electron chi connectivity index (χ0n) is 18.1. The van der Waals surface area contributed by atoms with Crippen molar-refractivity contribution in [3.63, 3.8) is 0 Å². The summed E-state index contributed by atoms with van der Waals surface area (Å²) >= 11 is 1.12. The summed E-state index contributed by atoms with van der Waals surface area (Å²) in [5.41, 5.74) is 1.59. The highest BCUT2D eigenvalue weighted by Crippen LogP contribution is 2.32. The molecule has 0 radical (unpaired) electrons. The fraction of sp³-hybridized carbons (Fsp3) is 0.364. The maximum absolute atomic E-state index is 14.2. The van der Waals surface area contributed by atoms with Crippen molar-refractivity contribution >= 4 is 50.7 Å². The third-order valence-corrected chi connectivity index (χ3v) is 6.07. The largest absolute Gasteiger partial charge is 0.378 e. The van der Waals surface area contributed by atoms with Gasteiger partial charge >= 0.3 is 0 Å². The van der Waals surface area contributed by atoms with Crippen molar-refractivity contribution in [3.05, 3.63) is 53.6 Å². The number of likely N-dealkylation sites (N-methyl/N-ethyl adjacent to an activating group) is 1. The third-order valence-electron chi connectivity index (χ3n) is 5.04. The van der Waals surface area contributed by atoms with Crippen LogP contribution in [0.1, 0.15) is 24.2 Å². The third kappa shape index (κ3) is 5.70. The molecule has 168 valence electrons. The maximum Gasteiger partial charge on any atom is 0.260 e. The topological polar surface area (TPSA) is 39.7 Å². The Morgan fingerprint density at radius 3 is 2.26 bits per heavy atom. The molecule has 0 bridgehead atoms. The lowest BCUT2D eigenvalue weighted by molar-refractivity contribution is 0.0984. The second kappa shape index (κ2) is 10.8. The molecule has 0 atom stereocenters. The van der Waals surface area contributed by atoms with Crippen LogP contribution < -0.4 is 9.80 Å². The highest BCUT2D eigenvalue weighted by Gasteiger charge is 2.23. The Morgan fingerprint density at radius 1 is 1.03 bits per heavy atom. The van der Waals surface area contributed by atoms with Crippen LogP contribution in [0.4, 0.5) is 19.6 Å². The van der Waals surface area contributed by atoms with Gasteiger partial charge in [0.05, 0.1) is 4.70 Å². The van der Waals surface area contributed by atoms with Gasteiger partial charge in [-0.25, -0.2) is 13.8 Å². The van der Waals surface area contributed by atoms with Gasteiger partial charge in [-0.1, -0.05) is 25.2 Å². The Labute approximate surface area is 191 Å². The Morgan fingerprint density at radius 2 is 1.68 bits per heavy atom. The van der Waals surface area contributed by atoms with Crippen LogP contribution in [0, 0.1) is 11.6 Å². The number of hydrogen-bond acceptors (Lipinski definition) is 5. The fourth-order valence-corrected chi connectivity index (χ4v) is 4.21. The van der Waals surface area contributed by atoms with E-state index in [0.29, 0.717) is 28.5 Å². The highest BCUT2D eigenvalue weighted by atomic mass is 35.5. The Hall–Kier alpha value is -2.29. The Kier molecular flexibility index (Phi) is 8.73. The van der Waals surface area contributed by atoms with Gasteiger partial charge in [0, 0.05) is 44.5 Å². The van der Waals surface area contributed by atoms with Crippen molar-refractivity contribution in [2.24, 2.45) is 0 Å². The summed E-state index contributed by atoms with van der Waals surface area (Å²) in [6, 6.07) is 9.37. The molecule has 0 fully saturated rings. The Balaban J connectivity index is 0.00000341. The molecule has 1 heterocycles. The molecule has 9 heteroatoms. The number of rotatable bonds is 8. The number of nitrogens with zero attached hydrogens (tertiary/aromatic N) is 4. The molecule has 1 aromatic heterocycles. The highest BCUT2D eigenvalue weighted by molar-refractivity contribution is 7.22. The van der Waals surface area contributed by atoms with E-state index in [0.717, 1.165) is 36.2 Å².